The van der Waals surface area contributed by atoms with Crippen LogP contribution in [0.5, 0.6) is 0 Å². The highest BCUT2D eigenvalue weighted by Crippen LogP contribution is 2.15. The average molecular weight is 330 g/mol. The molecule has 0 aromatic rings. The summed E-state index contributed by atoms with van der Waals surface area (Å²) in [5.41, 5.74) is 1.99. The first-order valence-electron chi connectivity index (χ1n) is 7.43. The first-order chi connectivity index (χ1) is 10.2. The normalized spacial score (nSPS) is 16.5. The molecule has 1 heterocycles. The van der Waals surface area contributed by atoms with Crippen LogP contribution in [0.25, 0.3) is 0 Å². The number of nitrogens with zero attached hydrogens (tertiary/aromatic N) is 3. The van der Waals surface area contributed by atoms with E-state index in [-0.39, 0.29) is 12.0 Å². The van der Waals surface area contributed by atoms with Gasteiger partial charge in [0.25, 0.3) is 0 Å². The third-order valence-corrected chi connectivity index (χ3v) is 3.68. The van der Waals surface area contributed by atoms with E-state index in [0.29, 0.717) is 26.2 Å². The summed E-state index contributed by atoms with van der Waals surface area (Å²) in [4.78, 5) is 26.8. The summed E-state index contributed by atoms with van der Waals surface area (Å²) >= 11 is 1.57. The van der Waals surface area contributed by atoms with E-state index in [0.717, 1.165) is 10.9 Å². The molecule has 1 aliphatic rings. The molecule has 0 aromatic carbocycles. The largest absolute Gasteiger partial charge is 0.444 e. The molecule has 8 heteroatoms. The number of nitrogens with one attached hydrogen (secondary N) is 1. The molecular formula is C14H26N4O3S. The van der Waals surface area contributed by atoms with Crippen LogP contribution < -0.4 is 5.43 Å². The van der Waals surface area contributed by atoms with Gasteiger partial charge in [-0.2, -0.15) is 0 Å². The van der Waals surface area contributed by atoms with Gasteiger partial charge in [0.1, 0.15) is 5.60 Å². The van der Waals surface area contributed by atoms with Crippen molar-refractivity contribution in [2.45, 2.75) is 40.2 Å². The van der Waals surface area contributed by atoms with Crippen LogP contribution in [0.15, 0.2) is 5.10 Å². The summed E-state index contributed by atoms with van der Waals surface area (Å²) in [6.45, 7) is 11.5. The van der Waals surface area contributed by atoms with Crippen LogP contribution in [0.4, 0.5) is 4.79 Å². The van der Waals surface area contributed by atoms with Gasteiger partial charge in [-0.3, -0.25) is 4.79 Å². The van der Waals surface area contributed by atoms with Gasteiger partial charge in [-0.05, 0) is 26.5 Å². The number of thioether (sulfide) groups is 1. The number of carbonyl (C=O) groups is 2. The van der Waals surface area contributed by atoms with E-state index in [1.165, 1.54) is 6.92 Å². The van der Waals surface area contributed by atoms with Crippen molar-refractivity contribution in [3.8, 4) is 0 Å². The highest BCUT2D eigenvalue weighted by molar-refractivity contribution is 8.13. The lowest BCUT2D eigenvalue weighted by Crippen LogP contribution is -2.51. The molecule has 2 amide bonds. The molecule has 1 rings (SSSR count). The van der Waals surface area contributed by atoms with Gasteiger partial charge in [-0.15, -0.1) is 5.10 Å². The van der Waals surface area contributed by atoms with Gasteiger partial charge in [0, 0.05) is 33.1 Å². The lowest BCUT2D eigenvalue weighted by atomic mass is 10.2. The molecule has 0 saturated carbocycles. The van der Waals surface area contributed by atoms with Crippen LogP contribution in [0.3, 0.4) is 0 Å². The van der Waals surface area contributed by atoms with Crippen molar-refractivity contribution in [1.82, 2.24) is 15.2 Å². The van der Waals surface area contributed by atoms with E-state index in [1.807, 2.05) is 27.7 Å². The van der Waals surface area contributed by atoms with Gasteiger partial charge in [-0.25, -0.2) is 10.2 Å². The Bertz CT molecular complexity index is 426. The van der Waals surface area contributed by atoms with E-state index in [1.54, 1.807) is 16.7 Å². The molecule has 1 saturated heterocycles. The van der Waals surface area contributed by atoms with Crippen LogP contribution in [0.2, 0.25) is 0 Å². The zero-order chi connectivity index (χ0) is 16.8. The van der Waals surface area contributed by atoms with Crippen LogP contribution in [0.1, 0.15) is 34.6 Å². The minimum atomic E-state index is -0.482. The van der Waals surface area contributed by atoms with Crippen molar-refractivity contribution in [3.63, 3.8) is 0 Å². The van der Waals surface area contributed by atoms with E-state index in [2.05, 4.69) is 15.4 Å². The molecule has 7 nitrogen and oxygen atoms in total. The maximum Gasteiger partial charge on any atom is 0.410 e. The summed E-state index contributed by atoms with van der Waals surface area (Å²) in [6, 6.07) is 0. The fraction of sp³-hybridized carbons (Fsp3) is 0.786. The monoisotopic (exact) mass is 330 g/mol. The number of hydrogen-bond donors (Lipinski definition) is 1. The molecule has 126 valence electrons. The number of hydrazone groups is 1. The van der Waals surface area contributed by atoms with Crippen LogP contribution in [-0.4, -0.2) is 64.5 Å². The number of hydrogen-bond acceptors (Lipinski definition) is 5. The Morgan fingerprint density at radius 2 is 1.73 bits per heavy atom. The highest BCUT2D eigenvalue weighted by atomic mass is 32.2. The van der Waals surface area contributed by atoms with Gasteiger partial charge >= 0.3 is 6.09 Å². The average Bonchev–Trinajstić information content (AvgIpc) is 2.41. The predicted molar refractivity (Wildman–Crippen MR) is 88.8 cm³/mol. The minimum absolute atomic E-state index is 0.193. The summed E-state index contributed by atoms with van der Waals surface area (Å²) in [5.74, 6) is 0.673. The molecule has 1 aliphatic heterocycles. The summed E-state index contributed by atoms with van der Waals surface area (Å²) < 4.78 is 5.38. The molecule has 0 radical (unpaired) electrons. The smallest absolute Gasteiger partial charge is 0.410 e. The second kappa shape index (κ2) is 8.26. The van der Waals surface area contributed by atoms with Crippen molar-refractivity contribution >= 4 is 28.9 Å². The molecule has 1 fully saturated rings. The van der Waals surface area contributed by atoms with Crippen LogP contribution in [-0.2, 0) is 9.53 Å². The SMILES string of the molecule is CCS/C(=N\NC(C)=O)N1CCN(C(=O)OC(C)(C)C)CC1. The zero-order valence-corrected chi connectivity index (χ0v) is 14.8. The Morgan fingerprint density at radius 1 is 1.18 bits per heavy atom. The van der Waals surface area contributed by atoms with Gasteiger partial charge in [0.05, 0.1) is 0 Å². The van der Waals surface area contributed by atoms with E-state index in [9.17, 15) is 9.59 Å². The number of ether oxygens (including phenoxy) is 1. The predicted octanol–water partition coefficient (Wildman–Crippen LogP) is 1.70. The topological polar surface area (TPSA) is 74.2 Å². The van der Waals surface area contributed by atoms with Crippen LogP contribution >= 0.6 is 11.8 Å². The first kappa shape index (κ1) is 18.6. The molecule has 0 unspecified atom stereocenters. The van der Waals surface area contributed by atoms with Crippen molar-refractivity contribution < 1.29 is 14.3 Å². The Morgan fingerprint density at radius 3 is 2.18 bits per heavy atom. The summed E-state index contributed by atoms with van der Waals surface area (Å²) in [7, 11) is 0. The lowest BCUT2D eigenvalue weighted by molar-refractivity contribution is -0.118. The molecule has 0 spiro atoms. The molecule has 0 aliphatic carbocycles. The van der Waals surface area contributed by atoms with E-state index < -0.39 is 5.60 Å². The number of amides is 2. The van der Waals surface area contributed by atoms with Gasteiger partial charge in [-0.1, -0.05) is 18.7 Å². The second-order valence-corrected chi connectivity index (χ2v) is 7.18. The third-order valence-electron chi connectivity index (χ3n) is 2.78. The molecule has 0 bridgehead atoms. The molecule has 0 atom stereocenters. The van der Waals surface area contributed by atoms with Crippen molar-refractivity contribution in [1.29, 1.82) is 0 Å². The molecule has 1 N–H and O–H groups in total. The number of amidine groups is 1. The third kappa shape index (κ3) is 6.55. The Labute approximate surface area is 136 Å². The minimum Gasteiger partial charge on any atom is -0.444 e. The molecule has 0 aromatic heterocycles. The number of piperazine rings is 1. The van der Waals surface area contributed by atoms with E-state index >= 15 is 0 Å². The van der Waals surface area contributed by atoms with Crippen molar-refractivity contribution in [2.75, 3.05) is 31.9 Å². The zero-order valence-electron chi connectivity index (χ0n) is 14.0. The fourth-order valence-corrected chi connectivity index (χ4v) is 2.59. The maximum atomic E-state index is 12.0. The van der Waals surface area contributed by atoms with Gasteiger partial charge < -0.3 is 14.5 Å². The van der Waals surface area contributed by atoms with Crippen molar-refractivity contribution in [2.24, 2.45) is 5.10 Å². The van der Waals surface area contributed by atoms with Gasteiger partial charge in [0.2, 0.25) is 5.91 Å². The number of carbonyl (C=O) groups excluding carboxylic acids is 2. The number of rotatable bonds is 2. The van der Waals surface area contributed by atoms with Crippen molar-refractivity contribution in [3.05, 3.63) is 0 Å². The summed E-state index contributed by atoms with van der Waals surface area (Å²) in [6.07, 6.45) is -0.282. The first-order valence-corrected chi connectivity index (χ1v) is 8.41. The molecular weight excluding hydrogens is 304 g/mol. The Hall–Kier alpha value is -1.44. The quantitative estimate of drug-likeness (QED) is 0.474. The second-order valence-electron chi connectivity index (χ2n) is 5.95. The highest BCUT2D eigenvalue weighted by Gasteiger charge is 2.27. The van der Waals surface area contributed by atoms with Gasteiger partial charge in [0.15, 0.2) is 5.17 Å². The maximum absolute atomic E-state index is 12.0. The van der Waals surface area contributed by atoms with E-state index in [4.69, 9.17) is 4.74 Å². The van der Waals surface area contributed by atoms with Crippen LogP contribution in [0, 0.1) is 0 Å². The Kier molecular flexibility index (Phi) is 6.99. The fourth-order valence-electron chi connectivity index (χ4n) is 1.86. The molecule has 22 heavy (non-hydrogen) atoms. The standard InChI is InChI=1S/C14H26N4O3S/c1-6-22-12(16-15-11(2)19)17-7-9-18(10-8-17)13(20)21-14(3,4)5/h6-10H2,1-5H3,(H,15,19)/b16-12-. The Balaban J connectivity index is 2.57. The summed E-state index contributed by atoms with van der Waals surface area (Å²) in [5, 5.41) is 4.92. The lowest BCUT2D eigenvalue weighted by Gasteiger charge is -2.36.